The van der Waals surface area contributed by atoms with Crippen molar-refractivity contribution in [2.45, 2.75) is 6.18 Å². The SMILES string of the molecule is N#Cc1[nH]nnc1-c1ccc(/C=C/c2cccc(C(F)(F)F)c2)c(F)c1. The third kappa shape index (κ3) is 3.62. The third-order valence-corrected chi connectivity index (χ3v) is 3.60. The van der Waals surface area contributed by atoms with Gasteiger partial charge in [0.2, 0.25) is 0 Å². The predicted molar refractivity (Wildman–Crippen MR) is 86.9 cm³/mol. The normalized spacial score (nSPS) is 11.7. The van der Waals surface area contributed by atoms with Gasteiger partial charge in [0.25, 0.3) is 0 Å². The van der Waals surface area contributed by atoms with Gasteiger partial charge in [-0.15, -0.1) is 5.10 Å². The molecule has 8 heteroatoms. The first-order chi connectivity index (χ1) is 12.4. The fourth-order valence-electron chi connectivity index (χ4n) is 2.32. The van der Waals surface area contributed by atoms with Crippen LogP contribution in [0.2, 0.25) is 0 Å². The van der Waals surface area contributed by atoms with Crippen LogP contribution in [0.15, 0.2) is 42.5 Å². The molecule has 1 N–H and O–H groups in total. The van der Waals surface area contributed by atoms with Crippen molar-refractivity contribution in [1.29, 1.82) is 5.26 Å². The molecule has 0 atom stereocenters. The number of aromatic nitrogens is 3. The largest absolute Gasteiger partial charge is 0.416 e. The number of H-pyrrole nitrogens is 1. The number of rotatable bonds is 3. The molecule has 1 heterocycles. The van der Waals surface area contributed by atoms with E-state index in [4.69, 9.17) is 5.26 Å². The maximum absolute atomic E-state index is 14.3. The van der Waals surface area contributed by atoms with E-state index in [1.54, 1.807) is 6.07 Å². The number of nitrogens with zero attached hydrogens (tertiary/aromatic N) is 3. The maximum atomic E-state index is 14.3. The summed E-state index contributed by atoms with van der Waals surface area (Å²) in [5.74, 6) is -0.599. The molecule has 130 valence electrons. The van der Waals surface area contributed by atoms with Crippen molar-refractivity contribution in [2.24, 2.45) is 0 Å². The van der Waals surface area contributed by atoms with Crippen molar-refractivity contribution in [1.82, 2.24) is 15.4 Å². The lowest BCUT2D eigenvalue weighted by Crippen LogP contribution is -2.04. The highest BCUT2D eigenvalue weighted by molar-refractivity contribution is 5.72. The molecule has 4 nitrogen and oxygen atoms in total. The lowest BCUT2D eigenvalue weighted by Gasteiger charge is -2.06. The molecule has 0 fully saturated rings. The van der Waals surface area contributed by atoms with Crippen LogP contribution >= 0.6 is 0 Å². The molecule has 0 saturated heterocycles. The summed E-state index contributed by atoms with van der Waals surface area (Å²) in [5.41, 5.74) is 0.408. The van der Waals surface area contributed by atoms with Gasteiger partial charge in [-0.2, -0.15) is 18.4 Å². The highest BCUT2D eigenvalue weighted by Gasteiger charge is 2.30. The van der Waals surface area contributed by atoms with Crippen LogP contribution in [-0.2, 0) is 6.18 Å². The summed E-state index contributed by atoms with van der Waals surface area (Å²) in [6, 6.07) is 10.8. The van der Waals surface area contributed by atoms with Crippen molar-refractivity contribution in [3.05, 3.63) is 70.7 Å². The molecule has 0 saturated carbocycles. The summed E-state index contributed by atoms with van der Waals surface area (Å²) >= 11 is 0. The second-order valence-corrected chi connectivity index (χ2v) is 5.34. The molecular formula is C18H10F4N4. The fourth-order valence-corrected chi connectivity index (χ4v) is 2.32. The standard InChI is InChI=1S/C18H10F4N4/c19-15-9-13(17-16(10-23)24-26-25-17)7-6-12(15)5-4-11-2-1-3-14(8-11)18(20,21)22/h1-9H,(H,24,25,26)/b5-4+. The molecule has 3 rings (SSSR count). The number of halogens is 4. The minimum atomic E-state index is -4.44. The fraction of sp³-hybridized carbons (Fsp3) is 0.0556. The summed E-state index contributed by atoms with van der Waals surface area (Å²) in [6.07, 6.45) is -1.67. The smallest absolute Gasteiger partial charge is 0.247 e. The number of alkyl halides is 3. The van der Waals surface area contributed by atoms with E-state index in [0.717, 1.165) is 12.1 Å². The Morgan fingerprint density at radius 2 is 1.88 bits per heavy atom. The first-order valence-electron chi connectivity index (χ1n) is 7.35. The van der Waals surface area contributed by atoms with Gasteiger partial charge in [0.15, 0.2) is 5.69 Å². The summed E-state index contributed by atoms with van der Waals surface area (Å²) in [6.45, 7) is 0. The van der Waals surface area contributed by atoms with Gasteiger partial charge in [0.05, 0.1) is 5.56 Å². The van der Waals surface area contributed by atoms with Crippen LogP contribution in [0.3, 0.4) is 0 Å². The summed E-state index contributed by atoms with van der Waals surface area (Å²) in [7, 11) is 0. The Kier molecular flexibility index (Phi) is 4.54. The minimum absolute atomic E-state index is 0.108. The van der Waals surface area contributed by atoms with E-state index in [2.05, 4.69) is 15.4 Å². The van der Waals surface area contributed by atoms with E-state index < -0.39 is 17.6 Å². The molecule has 1 aromatic heterocycles. The van der Waals surface area contributed by atoms with Crippen LogP contribution in [0.4, 0.5) is 17.6 Å². The van der Waals surface area contributed by atoms with Crippen molar-refractivity contribution in [3.63, 3.8) is 0 Å². The molecular weight excluding hydrogens is 348 g/mol. The molecule has 0 bridgehead atoms. The lowest BCUT2D eigenvalue weighted by atomic mass is 10.1. The molecule has 2 aromatic carbocycles. The van der Waals surface area contributed by atoms with Crippen LogP contribution in [-0.4, -0.2) is 15.4 Å². The van der Waals surface area contributed by atoms with E-state index in [-0.39, 0.29) is 17.0 Å². The second-order valence-electron chi connectivity index (χ2n) is 5.34. The van der Waals surface area contributed by atoms with E-state index in [0.29, 0.717) is 11.1 Å². The van der Waals surface area contributed by atoms with Gasteiger partial charge < -0.3 is 0 Å². The maximum Gasteiger partial charge on any atom is 0.416 e. The first kappa shape index (κ1) is 17.4. The molecule has 0 amide bonds. The highest BCUT2D eigenvalue weighted by atomic mass is 19.4. The van der Waals surface area contributed by atoms with Crippen molar-refractivity contribution in [2.75, 3.05) is 0 Å². The minimum Gasteiger partial charge on any atom is -0.247 e. The Hall–Kier alpha value is -3.47. The Labute approximate surface area is 145 Å². The number of nitrogens with one attached hydrogen (secondary N) is 1. The molecule has 0 unspecified atom stereocenters. The molecule has 3 aromatic rings. The van der Waals surface area contributed by atoms with Crippen LogP contribution in [0.1, 0.15) is 22.4 Å². The van der Waals surface area contributed by atoms with E-state index in [1.165, 1.54) is 36.4 Å². The van der Waals surface area contributed by atoms with Gasteiger partial charge in [-0.05, 0) is 23.8 Å². The molecule has 0 radical (unpaired) electrons. The molecule has 0 aliphatic heterocycles. The third-order valence-electron chi connectivity index (χ3n) is 3.60. The average Bonchev–Trinajstić information content (AvgIpc) is 3.09. The number of nitriles is 1. The Bertz CT molecular complexity index is 1010. The number of hydrogen-bond acceptors (Lipinski definition) is 3. The van der Waals surface area contributed by atoms with Gasteiger partial charge in [-0.25, -0.2) is 9.49 Å². The van der Waals surface area contributed by atoms with Crippen LogP contribution < -0.4 is 0 Å². The Morgan fingerprint density at radius 1 is 1.08 bits per heavy atom. The molecule has 0 aliphatic rings. The van der Waals surface area contributed by atoms with Crippen molar-refractivity contribution >= 4 is 12.2 Å². The first-order valence-corrected chi connectivity index (χ1v) is 7.35. The van der Waals surface area contributed by atoms with Crippen LogP contribution in [0, 0.1) is 17.1 Å². The quantitative estimate of drug-likeness (QED) is 0.546. The van der Waals surface area contributed by atoms with Crippen LogP contribution in [0.25, 0.3) is 23.4 Å². The molecule has 0 aliphatic carbocycles. The van der Waals surface area contributed by atoms with Gasteiger partial charge in [-0.3, -0.25) is 0 Å². The van der Waals surface area contributed by atoms with E-state index >= 15 is 0 Å². The van der Waals surface area contributed by atoms with E-state index in [1.807, 2.05) is 6.07 Å². The van der Waals surface area contributed by atoms with Gasteiger partial charge in [0, 0.05) is 11.1 Å². The topological polar surface area (TPSA) is 65.4 Å². The average molecular weight is 358 g/mol. The number of hydrogen-bond donors (Lipinski definition) is 1. The number of benzene rings is 2. The van der Waals surface area contributed by atoms with E-state index in [9.17, 15) is 17.6 Å². The lowest BCUT2D eigenvalue weighted by molar-refractivity contribution is -0.137. The highest BCUT2D eigenvalue weighted by Crippen LogP contribution is 2.30. The zero-order valence-corrected chi connectivity index (χ0v) is 13.0. The summed E-state index contributed by atoms with van der Waals surface area (Å²) in [5, 5.41) is 18.6. The molecule has 26 heavy (non-hydrogen) atoms. The van der Waals surface area contributed by atoms with Gasteiger partial charge >= 0.3 is 6.18 Å². The predicted octanol–water partition coefficient (Wildman–Crippen LogP) is 4.67. The van der Waals surface area contributed by atoms with Crippen LogP contribution in [0.5, 0.6) is 0 Å². The number of aromatic amines is 1. The van der Waals surface area contributed by atoms with Crippen molar-refractivity contribution in [3.8, 4) is 17.3 Å². The van der Waals surface area contributed by atoms with Gasteiger partial charge in [-0.1, -0.05) is 41.6 Å². The summed E-state index contributed by atoms with van der Waals surface area (Å²) in [4.78, 5) is 0. The molecule has 0 spiro atoms. The summed E-state index contributed by atoms with van der Waals surface area (Å²) < 4.78 is 52.4. The zero-order valence-electron chi connectivity index (χ0n) is 13.0. The Morgan fingerprint density at radius 3 is 2.58 bits per heavy atom. The second kappa shape index (κ2) is 6.80. The Balaban J connectivity index is 1.87. The monoisotopic (exact) mass is 358 g/mol. The van der Waals surface area contributed by atoms with Crippen molar-refractivity contribution < 1.29 is 17.6 Å². The van der Waals surface area contributed by atoms with Gasteiger partial charge in [0.1, 0.15) is 17.6 Å². The zero-order chi connectivity index (χ0) is 18.7.